The maximum Gasteiger partial charge on any atom is 0.267 e. The van der Waals surface area contributed by atoms with Crippen molar-refractivity contribution in [2.24, 2.45) is 0 Å². The van der Waals surface area contributed by atoms with Crippen molar-refractivity contribution >= 4 is 29.1 Å². The molecule has 0 aromatic heterocycles. The van der Waals surface area contributed by atoms with Gasteiger partial charge in [0.1, 0.15) is 0 Å². The van der Waals surface area contributed by atoms with E-state index in [0.29, 0.717) is 28.3 Å². The van der Waals surface area contributed by atoms with Crippen molar-refractivity contribution in [3.05, 3.63) is 53.6 Å². The van der Waals surface area contributed by atoms with Crippen LogP contribution in [0.25, 0.3) is 0 Å². The number of amides is 3. The number of ether oxygens (including phenoxy) is 1. The standard InChI is InChI=1S/C18H14N2O4/c1-10-16(21)19(2)13-8-5-9-14(15(13)24-10)20-17(22)11-6-3-4-7-12(11)18(20)23/h3-10H,1-2H3. The average Bonchev–Trinajstić information content (AvgIpc) is 2.84. The zero-order valence-corrected chi connectivity index (χ0v) is 13.1. The molecule has 6 heteroatoms. The fourth-order valence-electron chi connectivity index (χ4n) is 3.10. The SMILES string of the molecule is CC1Oc2c(cccc2N2C(=O)c3ccccc3C2=O)N(C)C1=O. The Labute approximate surface area is 138 Å². The molecule has 2 heterocycles. The number of anilines is 2. The highest BCUT2D eigenvalue weighted by Crippen LogP contribution is 2.43. The van der Waals surface area contributed by atoms with E-state index >= 15 is 0 Å². The number of nitrogens with zero attached hydrogens (tertiary/aromatic N) is 2. The number of carbonyl (C=O) groups is 3. The van der Waals surface area contributed by atoms with Gasteiger partial charge in [0, 0.05) is 7.05 Å². The van der Waals surface area contributed by atoms with Gasteiger partial charge in [-0.25, -0.2) is 4.90 Å². The van der Waals surface area contributed by atoms with Crippen molar-refractivity contribution < 1.29 is 19.1 Å². The third-order valence-corrected chi connectivity index (χ3v) is 4.34. The first kappa shape index (κ1) is 14.4. The molecule has 2 aromatic carbocycles. The summed E-state index contributed by atoms with van der Waals surface area (Å²) >= 11 is 0. The fraction of sp³-hybridized carbons (Fsp3) is 0.167. The van der Waals surface area contributed by atoms with Gasteiger partial charge in [0.15, 0.2) is 11.9 Å². The molecule has 6 nitrogen and oxygen atoms in total. The number of rotatable bonds is 1. The predicted octanol–water partition coefficient (Wildman–Crippen LogP) is 2.23. The second kappa shape index (κ2) is 4.92. The van der Waals surface area contributed by atoms with Gasteiger partial charge in [0.05, 0.1) is 22.5 Å². The Morgan fingerprint density at radius 2 is 1.46 bits per heavy atom. The number of para-hydroxylation sites is 1. The monoisotopic (exact) mass is 322 g/mol. The average molecular weight is 322 g/mol. The normalized spacial score (nSPS) is 19.2. The van der Waals surface area contributed by atoms with E-state index in [9.17, 15) is 14.4 Å². The Bertz CT molecular complexity index is 871. The maximum atomic E-state index is 12.7. The highest BCUT2D eigenvalue weighted by molar-refractivity contribution is 6.35. The van der Waals surface area contributed by atoms with Gasteiger partial charge < -0.3 is 9.64 Å². The smallest absolute Gasteiger partial charge is 0.267 e. The third kappa shape index (κ3) is 1.79. The van der Waals surface area contributed by atoms with Crippen LogP contribution in [0.1, 0.15) is 27.6 Å². The second-order valence-electron chi connectivity index (χ2n) is 5.77. The van der Waals surface area contributed by atoms with E-state index in [1.54, 1.807) is 56.4 Å². The molecule has 1 atom stereocenters. The summed E-state index contributed by atoms with van der Waals surface area (Å²) in [7, 11) is 1.65. The van der Waals surface area contributed by atoms with E-state index < -0.39 is 6.10 Å². The lowest BCUT2D eigenvalue weighted by atomic mass is 10.1. The molecule has 120 valence electrons. The van der Waals surface area contributed by atoms with Gasteiger partial charge in [-0.15, -0.1) is 0 Å². The van der Waals surface area contributed by atoms with Crippen molar-refractivity contribution in [1.82, 2.24) is 0 Å². The van der Waals surface area contributed by atoms with Gasteiger partial charge in [0.25, 0.3) is 17.7 Å². The molecule has 0 bridgehead atoms. The lowest BCUT2D eigenvalue weighted by molar-refractivity contribution is -0.125. The van der Waals surface area contributed by atoms with Crippen LogP contribution in [0, 0.1) is 0 Å². The van der Waals surface area contributed by atoms with E-state index in [-0.39, 0.29) is 17.7 Å². The zero-order chi connectivity index (χ0) is 17.0. The minimum atomic E-state index is -0.682. The maximum absolute atomic E-state index is 12.7. The predicted molar refractivity (Wildman–Crippen MR) is 87.5 cm³/mol. The summed E-state index contributed by atoms with van der Waals surface area (Å²) in [5.41, 5.74) is 1.62. The van der Waals surface area contributed by atoms with Gasteiger partial charge in [-0.3, -0.25) is 14.4 Å². The van der Waals surface area contributed by atoms with Gasteiger partial charge >= 0.3 is 0 Å². The van der Waals surface area contributed by atoms with Gasteiger partial charge in [-0.05, 0) is 31.2 Å². The molecule has 0 radical (unpaired) electrons. The van der Waals surface area contributed by atoms with Crippen molar-refractivity contribution in [2.75, 3.05) is 16.8 Å². The Kier molecular flexibility index (Phi) is 2.96. The molecule has 0 spiro atoms. The minimum Gasteiger partial charge on any atom is -0.476 e. The van der Waals surface area contributed by atoms with E-state index in [1.165, 1.54) is 4.90 Å². The van der Waals surface area contributed by atoms with Crippen LogP contribution in [-0.2, 0) is 4.79 Å². The summed E-state index contributed by atoms with van der Waals surface area (Å²) < 4.78 is 5.72. The number of hydrogen-bond acceptors (Lipinski definition) is 4. The number of imide groups is 1. The van der Waals surface area contributed by atoms with Crippen LogP contribution in [0.2, 0.25) is 0 Å². The highest BCUT2D eigenvalue weighted by atomic mass is 16.5. The van der Waals surface area contributed by atoms with Crippen molar-refractivity contribution in [1.29, 1.82) is 0 Å². The van der Waals surface area contributed by atoms with Crippen molar-refractivity contribution in [2.45, 2.75) is 13.0 Å². The number of benzene rings is 2. The van der Waals surface area contributed by atoms with E-state index in [1.807, 2.05) is 0 Å². The van der Waals surface area contributed by atoms with E-state index in [4.69, 9.17) is 4.74 Å². The molecule has 3 amide bonds. The molecule has 0 N–H and O–H groups in total. The molecular formula is C18H14N2O4. The van der Waals surface area contributed by atoms with Gasteiger partial charge in [0.2, 0.25) is 0 Å². The summed E-state index contributed by atoms with van der Waals surface area (Å²) in [6.07, 6.45) is -0.682. The zero-order valence-electron chi connectivity index (χ0n) is 13.1. The summed E-state index contributed by atoms with van der Waals surface area (Å²) in [6, 6.07) is 11.8. The number of hydrogen-bond donors (Lipinski definition) is 0. The van der Waals surface area contributed by atoms with E-state index in [2.05, 4.69) is 0 Å². The van der Waals surface area contributed by atoms with Crippen molar-refractivity contribution in [3.8, 4) is 5.75 Å². The van der Waals surface area contributed by atoms with E-state index in [0.717, 1.165) is 4.90 Å². The molecule has 2 aliphatic rings. The first-order valence-corrected chi connectivity index (χ1v) is 7.55. The van der Waals surface area contributed by atoms with Crippen LogP contribution in [0.15, 0.2) is 42.5 Å². The van der Waals surface area contributed by atoms with Crippen molar-refractivity contribution in [3.63, 3.8) is 0 Å². The second-order valence-corrected chi connectivity index (χ2v) is 5.77. The molecule has 0 fully saturated rings. The lowest BCUT2D eigenvalue weighted by Gasteiger charge is -2.32. The minimum absolute atomic E-state index is 0.179. The quantitative estimate of drug-likeness (QED) is 0.755. The van der Waals surface area contributed by atoms with Crippen LogP contribution < -0.4 is 14.5 Å². The number of fused-ring (bicyclic) bond motifs is 2. The molecule has 0 saturated heterocycles. The molecule has 1 unspecified atom stereocenters. The molecule has 0 aliphatic carbocycles. The van der Waals surface area contributed by atoms with Crippen LogP contribution in [-0.4, -0.2) is 30.9 Å². The summed E-state index contributed by atoms with van der Waals surface area (Å²) in [4.78, 5) is 40.0. The van der Waals surface area contributed by atoms with Crippen LogP contribution in [0.4, 0.5) is 11.4 Å². The number of carbonyl (C=O) groups excluding carboxylic acids is 3. The molecule has 4 rings (SSSR count). The van der Waals surface area contributed by atoms with Crippen LogP contribution in [0.3, 0.4) is 0 Å². The largest absolute Gasteiger partial charge is 0.476 e. The summed E-state index contributed by atoms with van der Waals surface area (Å²) in [6.45, 7) is 1.64. The van der Waals surface area contributed by atoms with Gasteiger partial charge in [-0.2, -0.15) is 0 Å². The molecule has 2 aliphatic heterocycles. The first-order chi connectivity index (χ1) is 11.5. The Morgan fingerprint density at radius 1 is 0.875 bits per heavy atom. The topological polar surface area (TPSA) is 66.9 Å². The summed E-state index contributed by atoms with van der Waals surface area (Å²) in [5.74, 6) is -0.594. The van der Waals surface area contributed by atoms with Gasteiger partial charge in [-0.1, -0.05) is 18.2 Å². The molecule has 2 aromatic rings. The summed E-state index contributed by atoms with van der Waals surface area (Å²) in [5, 5.41) is 0. The van der Waals surface area contributed by atoms with Crippen LogP contribution in [0.5, 0.6) is 5.75 Å². The lowest BCUT2D eigenvalue weighted by Crippen LogP contribution is -2.43. The molecule has 24 heavy (non-hydrogen) atoms. The fourth-order valence-corrected chi connectivity index (χ4v) is 3.10. The highest BCUT2D eigenvalue weighted by Gasteiger charge is 2.40. The third-order valence-electron chi connectivity index (χ3n) is 4.34. The first-order valence-electron chi connectivity index (χ1n) is 7.55. The number of likely N-dealkylation sites (N-methyl/N-ethyl adjacent to an activating group) is 1. The van der Waals surface area contributed by atoms with Crippen LogP contribution >= 0.6 is 0 Å². The Balaban J connectivity index is 1.87. The molecule has 0 saturated carbocycles. The molecular weight excluding hydrogens is 308 g/mol. The Hall–Kier alpha value is -3.15. The Morgan fingerprint density at radius 3 is 2.08 bits per heavy atom.